The Bertz CT molecular complexity index is 1480. The third-order valence-corrected chi connectivity index (χ3v) is 8.78. The van der Waals surface area contributed by atoms with Crippen LogP contribution >= 0.6 is 6.64 Å². The van der Waals surface area contributed by atoms with E-state index in [4.69, 9.17) is 36.1 Å². The minimum Gasteiger partial charge on any atom is -0.462 e. The molecule has 12 nitrogen and oxygen atoms in total. The van der Waals surface area contributed by atoms with Gasteiger partial charge in [0.15, 0.2) is 6.23 Å². The molecule has 0 spiro atoms. The van der Waals surface area contributed by atoms with E-state index in [2.05, 4.69) is 10.1 Å². The topological polar surface area (TPSA) is 167 Å². The average molecular weight is 593 g/mol. The zero-order chi connectivity index (χ0) is 29.2. The standard InChI is InChI=1S/C26H33N4O8PS/c1-15(2)36-23(32)16(3)29-39(40,38-19-11-7-9-17-8-5-6-10-18(17)19)35-14-20-22(31)26(4,34)24(37-20)30-13-12-21(27)28-25(30)33/h5-13,15-16,20,22,24,31,34H,14H2,1-4H3,(H,29,40)(H2,27,28,33). The lowest BCUT2D eigenvalue weighted by Crippen LogP contribution is -2.46. The maximum Gasteiger partial charge on any atom is 0.351 e. The van der Waals surface area contributed by atoms with Crippen molar-refractivity contribution in [3.05, 3.63) is 65.2 Å². The molecule has 0 saturated carbocycles. The van der Waals surface area contributed by atoms with Gasteiger partial charge in [0.25, 0.3) is 0 Å². The SMILES string of the molecule is CC(C)OC(=O)C(C)NP(=S)(OCC1OC(n2ccc(N)nc2=O)C(C)(O)C1O)Oc1cccc2ccccc12. The van der Waals surface area contributed by atoms with Crippen molar-refractivity contribution in [2.24, 2.45) is 0 Å². The Morgan fingerprint density at radius 2 is 1.95 bits per heavy atom. The summed E-state index contributed by atoms with van der Waals surface area (Å²) in [5.74, 6) is -0.123. The van der Waals surface area contributed by atoms with Crippen LogP contribution in [0.25, 0.3) is 10.8 Å². The zero-order valence-corrected chi connectivity index (χ0v) is 24.2. The molecule has 14 heteroatoms. The van der Waals surface area contributed by atoms with Gasteiger partial charge in [-0.25, -0.2) is 9.88 Å². The Morgan fingerprint density at radius 1 is 1.25 bits per heavy atom. The Kier molecular flexibility index (Phi) is 8.96. The van der Waals surface area contributed by atoms with Crippen LogP contribution in [0.3, 0.4) is 0 Å². The number of carbonyl (C=O) groups is 1. The number of carbonyl (C=O) groups excluding carboxylic acids is 1. The molecule has 2 heterocycles. The molecule has 4 rings (SSSR count). The number of nitrogens with one attached hydrogen (secondary N) is 1. The van der Waals surface area contributed by atoms with Crippen LogP contribution in [0, 0.1) is 0 Å². The van der Waals surface area contributed by atoms with Crippen LogP contribution in [0.1, 0.15) is 33.9 Å². The van der Waals surface area contributed by atoms with Gasteiger partial charge in [-0.15, -0.1) is 0 Å². The smallest absolute Gasteiger partial charge is 0.351 e. The molecular weight excluding hydrogens is 559 g/mol. The Balaban J connectivity index is 1.59. The summed E-state index contributed by atoms with van der Waals surface area (Å²) >= 11 is 5.81. The molecule has 40 heavy (non-hydrogen) atoms. The number of esters is 1. The number of rotatable bonds is 10. The number of aliphatic hydroxyl groups is 2. The maximum absolute atomic E-state index is 12.6. The van der Waals surface area contributed by atoms with Crippen LogP contribution in [0.15, 0.2) is 59.5 Å². The summed E-state index contributed by atoms with van der Waals surface area (Å²) in [4.78, 5) is 28.6. The summed E-state index contributed by atoms with van der Waals surface area (Å²) in [6.07, 6.45) is -2.92. The zero-order valence-electron chi connectivity index (χ0n) is 22.5. The van der Waals surface area contributed by atoms with Crippen molar-refractivity contribution >= 4 is 41.0 Å². The third-order valence-electron chi connectivity index (χ3n) is 6.29. The highest BCUT2D eigenvalue weighted by atomic mass is 32.5. The number of benzene rings is 2. The van der Waals surface area contributed by atoms with Crippen LogP contribution in [-0.2, 0) is 30.6 Å². The fraction of sp³-hybridized carbons (Fsp3) is 0.423. The van der Waals surface area contributed by atoms with Gasteiger partial charge in [0.05, 0.1) is 12.7 Å². The first-order valence-corrected chi connectivity index (χ1v) is 15.3. The monoisotopic (exact) mass is 592 g/mol. The van der Waals surface area contributed by atoms with Gasteiger partial charge >= 0.3 is 18.3 Å². The van der Waals surface area contributed by atoms with Gasteiger partial charge in [-0.05, 0) is 57.0 Å². The molecule has 1 fully saturated rings. The number of ether oxygens (including phenoxy) is 2. The molecule has 1 aromatic heterocycles. The lowest BCUT2D eigenvalue weighted by Gasteiger charge is -2.29. The molecule has 1 aliphatic rings. The number of nitrogen functional groups attached to an aromatic ring is 1. The fourth-order valence-corrected chi connectivity index (χ4v) is 6.69. The van der Waals surface area contributed by atoms with Crippen molar-refractivity contribution in [2.45, 2.75) is 63.9 Å². The van der Waals surface area contributed by atoms with Crippen molar-refractivity contribution in [3.8, 4) is 5.75 Å². The molecule has 1 saturated heterocycles. The van der Waals surface area contributed by atoms with Gasteiger partial charge in [-0.2, -0.15) is 4.98 Å². The summed E-state index contributed by atoms with van der Waals surface area (Å²) in [7, 11) is 0. The molecule has 3 aromatic rings. The van der Waals surface area contributed by atoms with E-state index in [0.717, 1.165) is 15.3 Å². The molecule has 5 N–H and O–H groups in total. The lowest BCUT2D eigenvalue weighted by molar-refractivity contribution is -0.149. The summed E-state index contributed by atoms with van der Waals surface area (Å²) in [5, 5.41) is 26.6. The second-order valence-corrected chi connectivity index (χ2v) is 13.1. The van der Waals surface area contributed by atoms with Gasteiger partial charge in [0.2, 0.25) is 0 Å². The largest absolute Gasteiger partial charge is 0.462 e. The molecule has 0 aliphatic carbocycles. The number of fused-ring (bicyclic) bond motifs is 1. The molecule has 6 atom stereocenters. The number of nitrogens with zero attached hydrogens (tertiary/aromatic N) is 2. The highest BCUT2D eigenvalue weighted by Crippen LogP contribution is 2.48. The van der Waals surface area contributed by atoms with E-state index >= 15 is 0 Å². The number of aromatic nitrogens is 2. The quantitative estimate of drug-likeness (QED) is 0.201. The van der Waals surface area contributed by atoms with Crippen LogP contribution < -0.4 is 21.0 Å². The van der Waals surface area contributed by atoms with Gasteiger partial charge in [0, 0.05) is 11.6 Å². The summed E-state index contributed by atoms with van der Waals surface area (Å²) in [5.41, 5.74) is 2.92. The van der Waals surface area contributed by atoms with E-state index in [-0.39, 0.29) is 18.5 Å². The molecule has 2 aromatic carbocycles. The number of anilines is 1. The fourth-order valence-electron chi connectivity index (χ4n) is 4.27. The number of aliphatic hydroxyl groups excluding tert-OH is 1. The Labute approximate surface area is 236 Å². The third kappa shape index (κ3) is 6.52. The number of hydrogen-bond donors (Lipinski definition) is 4. The van der Waals surface area contributed by atoms with Crippen molar-refractivity contribution in [2.75, 3.05) is 12.3 Å². The van der Waals surface area contributed by atoms with Crippen LogP contribution in [0.2, 0.25) is 0 Å². The first kappa shape index (κ1) is 30.1. The number of nitrogens with two attached hydrogens (primary N) is 1. The molecular formula is C26H33N4O8PS. The molecule has 0 bridgehead atoms. The predicted octanol–water partition coefficient (Wildman–Crippen LogP) is 2.24. The Hall–Kier alpha value is -2.90. The molecule has 1 aliphatic heterocycles. The van der Waals surface area contributed by atoms with Crippen molar-refractivity contribution < 1.29 is 33.5 Å². The van der Waals surface area contributed by atoms with Gasteiger partial charge in [0.1, 0.15) is 35.4 Å². The molecule has 216 valence electrons. The van der Waals surface area contributed by atoms with Gasteiger partial charge < -0.3 is 34.5 Å². The van der Waals surface area contributed by atoms with Gasteiger partial charge in [-0.3, -0.25) is 9.36 Å². The normalized spacial score (nSPS) is 25.0. The highest BCUT2D eigenvalue weighted by molar-refractivity contribution is 8.09. The summed E-state index contributed by atoms with van der Waals surface area (Å²) < 4.78 is 24.5. The minimum absolute atomic E-state index is 0.00165. The second kappa shape index (κ2) is 11.9. The van der Waals surface area contributed by atoms with E-state index < -0.39 is 48.4 Å². The van der Waals surface area contributed by atoms with E-state index in [1.54, 1.807) is 32.9 Å². The van der Waals surface area contributed by atoms with Crippen LogP contribution in [0.4, 0.5) is 5.82 Å². The Morgan fingerprint density at radius 3 is 2.65 bits per heavy atom. The summed E-state index contributed by atoms with van der Waals surface area (Å²) in [6.45, 7) is 2.50. The van der Waals surface area contributed by atoms with Crippen LogP contribution in [0.5, 0.6) is 5.75 Å². The predicted molar refractivity (Wildman–Crippen MR) is 152 cm³/mol. The van der Waals surface area contributed by atoms with Crippen molar-refractivity contribution in [1.82, 2.24) is 14.6 Å². The average Bonchev–Trinajstić information content (AvgIpc) is 3.11. The summed E-state index contributed by atoms with van der Waals surface area (Å²) in [6, 6.07) is 13.5. The number of hydrogen-bond acceptors (Lipinski definition) is 11. The first-order valence-electron chi connectivity index (χ1n) is 12.6. The second-order valence-electron chi connectivity index (χ2n) is 9.94. The van der Waals surface area contributed by atoms with Crippen molar-refractivity contribution in [1.29, 1.82) is 0 Å². The van der Waals surface area contributed by atoms with E-state index in [1.807, 2.05) is 30.3 Å². The van der Waals surface area contributed by atoms with Gasteiger partial charge in [-0.1, -0.05) is 36.4 Å². The molecule has 6 unspecified atom stereocenters. The lowest BCUT2D eigenvalue weighted by atomic mass is 9.96. The minimum atomic E-state index is -3.52. The van der Waals surface area contributed by atoms with E-state index in [1.165, 1.54) is 19.2 Å². The molecule has 0 radical (unpaired) electrons. The maximum atomic E-state index is 12.6. The molecule has 0 amide bonds. The van der Waals surface area contributed by atoms with Crippen molar-refractivity contribution in [3.63, 3.8) is 0 Å². The van der Waals surface area contributed by atoms with Crippen LogP contribution in [-0.4, -0.2) is 62.3 Å². The highest BCUT2D eigenvalue weighted by Gasteiger charge is 2.54. The van der Waals surface area contributed by atoms with E-state index in [9.17, 15) is 19.8 Å². The first-order chi connectivity index (χ1) is 18.8. The van der Waals surface area contributed by atoms with E-state index in [0.29, 0.717) is 5.75 Å².